The number of aldehydes is 1. The second-order valence-corrected chi connectivity index (χ2v) is 5.05. The molecule has 0 aliphatic heterocycles. The van der Waals surface area contributed by atoms with Crippen molar-refractivity contribution < 1.29 is 14.3 Å². The maximum atomic E-state index is 10.8. The number of rotatable bonds is 7. The van der Waals surface area contributed by atoms with E-state index >= 15 is 0 Å². The Morgan fingerprint density at radius 1 is 1.44 bits per heavy atom. The number of hydrogen-bond acceptors (Lipinski definition) is 3. The first-order chi connectivity index (χ1) is 8.46. The summed E-state index contributed by atoms with van der Waals surface area (Å²) in [4.78, 5) is 21.0. The summed E-state index contributed by atoms with van der Waals surface area (Å²) in [6.45, 7) is 9.34. The fraction of sp³-hybridized carbons (Fsp3) is 0.583. The van der Waals surface area contributed by atoms with Gasteiger partial charge in [-0.1, -0.05) is 0 Å². The van der Waals surface area contributed by atoms with Gasteiger partial charge in [0.2, 0.25) is 0 Å². The predicted octanol–water partition coefficient (Wildman–Crippen LogP) is 0.700. The van der Waals surface area contributed by atoms with Crippen LogP contribution in [0.2, 0.25) is 0 Å². The molecule has 6 heteroatoms. The number of hydrogen-bond donors (Lipinski definition) is 1. The Bertz CT molecular complexity index is 410. The summed E-state index contributed by atoms with van der Waals surface area (Å²) in [6.07, 6.45) is 3.24. The first kappa shape index (κ1) is 14.6. The Hall–Kier alpha value is -1.43. The number of carbonyl (C=O) groups excluding carboxylic acids is 2. The van der Waals surface area contributed by atoms with Crippen molar-refractivity contribution in [1.29, 1.82) is 0 Å². The third-order valence-corrected chi connectivity index (χ3v) is 2.38. The molecule has 1 N–H and O–H groups in total. The Morgan fingerprint density at radius 3 is 2.72 bits per heavy atom. The van der Waals surface area contributed by atoms with Crippen molar-refractivity contribution in [2.45, 2.75) is 39.5 Å². The van der Waals surface area contributed by atoms with Crippen molar-refractivity contribution in [2.24, 2.45) is 0 Å². The molecule has 0 spiro atoms. The van der Waals surface area contributed by atoms with Gasteiger partial charge in [0.05, 0.1) is 0 Å². The zero-order valence-electron chi connectivity index (χ0n) is 11.1. The van der Waals surface area contributed by atoms with Crippen LogP contribution < -0.4 is 5.32 Å². The van der Waals surface area contributed by atoms with Crippen LogP contribution in [0.4, 0.5) is 0 Å². The molecule has 0 saturated carbocycles. The summed E-state index contributed by atoms with van der Waals surface area (Å²) in [5.74, 6) is 0. The molecule has 1 aromatic heterocycles. The van der Waals surface area contributed by atoms with E-state index in [1.165, 1.54) is 0 Å². The monoisotopic (exact) mass is 250 g/mol. The van der Waals surface area contributed by atoms with Crippen molar-refractivity contribution in [2.75, 3.05) is 6.54 Å². The summed E-state index contributed by atoms with van der Waals surface area (Å²) >= 11 is 0. The van der Waals surface area contributed by atoms with Crippen LogP contribution in [0, 0.1) is 0 Å². The number of carbonyl (C=O) groups is 2. The van der Waals surface area contributed by atoms with Crippen molar-refractivity contribution in [1.82, 2.24) is 9.88 Å². The van der Waals surface area contributed by atoms with E-state index in [0.717, 1.165) is 11.9 Å². The molecule has 0 fully saturated rings. The van der Waals surface area contributed by atoms with Gasteiger partial charge in [0.25, 0.3) is 0 Å². The van der Waals surface area contributed by atoms with E-state index < -0.39 is 0 Å². The number of amides is 1. The van der Waals surface area contributed by atoms with Crippen molar-refractivity contribution in [3.63, 3.8) is 0 Å². The molecule has 1 rings (SSSR count). The van der Waals surface area contributed by atoms with Gasteiger partial charge in [-0.2, -0.15) is 0 Å². The third-order valence-electron chi connectivity index (χ3n) is 2.38. The summed E-state index contributed by atoms with van der Waals surface area (Å²) in [6, 6.07) is 0. The van der Waals surface area contributed by atoms with Gasteiger partial charge in [-0.25, -0.2) is 0 Å². The zero-order chi connectivity index (χ0) is 13.6. The topological polar surface area (TPSA) is 60.3 Å². The standard InChI is InChI=1S/C12H19BN2O3/c1-12(2,3)18-8-11-13-10(7-16)6-15(11)5-4-14-9-17/h6-7,9H,4-5,8H2,1-3H3,(H,14,17). The van der Waals surface area contributed by atoms with Gasteiger partial charge >= 0.3 is 107 Å². The maximum absolute atomic E-state index is 10.8. The number of aromatic nitrogens is 1. The molecule has 0 atom stereocenters. The van der Waals surface area contributed by atoms with Gasteiger partial charge < -0.3 is 0 Å². The van der Waals surface area contributed by atoms with Crippen molar-refractivity contribution in [3.05, 3.63) is 17.2 Å². The summed E-state index contributed by atoms with van der Waals surface area (Å²) in [7, 11) is 0. The summed E-state index contributed by atoms with van der Waals surface area (Å²) in [5.41, 5.74) is 1.32. The summed E-state index contributed by atoms with van der Waals surface area (Å²) in [5, 5.41) is 2.59. The normalized spacial score (nSPS) is 11.1. The average molecular weight is 250 g/mol. The molecule has 18 heavy (non-hydrogen) atoms. The second-order valence-electron chi connectivity index (χ2n) is 5.05. The molecule has 0 unspecified atom stereocenters. The molecule has 0 aliphatic carbocycles. The molecule has 1 heterocycles. The molecule has 98 valence electrons. The minimum absolute atomic E-state index is 0.225. The predicted molar refractivity (Wildman–Crippen MR) is 69.8 cm³/mol. The Labute approximate surface area is 108 Å². The van der Waals surface area contributed by atoms with E-state index in [9.17, 15) is 9.59 Å². The van der Waals surface area contributed by atoms with E-state index in [1.807, 2.05) is 25.3 Å². The van der Waals surface area contributed by atoms with Crippen LogP contribution >= 0.6 is 0 Å². The van der Waals surface area contributed by atoms with Gasteiger partial charge in [-0.15, -0.1) is 0 Å². The van der Waals surface area contributed by atoms with E-state index in [-0.39, 0.29) is 5.60 Å². The molecular formula is C12H19BN2O3. The Balaban J connectivity index is 2.71. The van der Waals surface area contributed by atoms with E-state index in [1.54, 1.807) is 13.1 Å². The molecule has 1 amide bonds. The fourth-order valence-electron chi connectivity index (χ4n) is 1.51. The molecule has 0 aromatic carbocycles. The van der Waals surface area contributed by atoms with Crippen LogP contribution in [0.25, 0.3) is 0 Å². The van der Waals surface area contributed by atoms with Crippen LogP contribution in [0.1, 0.15) is 36.6 Å². The molecular weight excluding hydrogens is 231 g/mol. The first-order valence-electron chi connectivity index (χ1n) is 5.91. The second kappa shape index (κ2) is 6.49. The van der Waals surface area contributed by atoms with Crippen molar-refractivity contribution in [3.8, 4) is 0 Å². The van der Waals surface area contributed by atoms with Crippen LogP contribution in [0.3, 0.4) is 0 Å². The molecule has 5 nitrogen and oxygen atoms in total. The van der Waals surface area contributed by atoms with Crippen molar-refractivity contribution >= 4 is 19.6 Å². The number of nitrogens with zero attached hydrogens (tertiary/aromatic N) is 1. The van der Waals surface area contributed by atoms with Crippen LogP contribution in [-0.4, -0.2) is 36.3 Å². The molecule has 0 saturated heterocycles. The van der Waals surface area contributed by atoms with Gasteiger partial charge in [-0.3, -0.25) is 0 Å². The Kier molecular flexibility index (Phi) is 5.28. The number of ether oxygens (including phenoxy) is 1. The summed E-state index contributed by atoms with van der Waals surface area (Å²) < 4.78 is 7.62. The van der Waals surface area contributed by atoms with Gasteiger partial charge in [0.15, 0.2) is 0 Å². The third kappa shape index (κ3) is 4.83. The van der Waals surface area contributed by atoms with Gasteiger partial charge in [0, 0.05) is 0 Å². The number of nitrogens with one attached hydrogen (secondary N) is 1. The van der Waals surface area contributed by atoms with Gasteiger partial charge in [-0.05, 0) is 0 Å². The van der Waals surface area contributed by atoms with E-state index in [2.05, 4.69) is 5.32 Å². The fourth-order valence-corrected chi connectivity index (χ4v) is 1.51. The van der Waals surface area contributed by atoms with Crippen LogP contribution in [0.5, 0.6) is 0 Å². The van der Waals surface area contributed by atoms with Crippen LogP contribution in [-0.2, 0) is 22.7 Å². The molecule has 0 radical (unpaired) electrons. The Morgan fingerprint density at radius 2 is 2.17 bits per heavy atom. The average Bonchev–Trinajstić information content (AvgIpc) is 2.69. The SMILES string of the molecule is CC(C)(C)OCc1bc(C=O)cn1CCNC=O. The molecule has 1 aromatic rings. The minimum atomic E-state index is -0.225. The molecule has 0 aliphatic rings. The van der Waals surface area contributed by atoms with Crippen LogP contribution in [0.15, 0.2) is 6.20 Å². The zero-order valence-corrected chi connectivity index (χ0v) is 11.1. The van der Waals surface area contributed by atoms with E-state index in [4.69, 9.17) is 4.74 Å². The molecule has 0 bridgehead atoms. The first-order valence-corrected chi connectivity index (χ1v) is 5.91. The van der Waals surface area contributed by atoms with E-state index in [0.29, 0.717) is 31.6 Å². The van der Waals surface area contributed by atoms with Gasteiger partial charge in [0.1, 0.15) is 0 Å². The quantitative estimate of drug-likeness (QED) is 0.572.